The topological polar surface area (TPSA) is 64.6 Å². The molecule has 0 radical (unpaired) electrons. The fraction of sp³-hybridized carbons (Fsp3) is 0.556. The molecule has 1 aliphatic rings. The monoisotopic (exact) mass is 369 g/mol. The van der Waals surface area contributed by atoms with Crippen LogP contribution >= 0.6 is 11.8 Å². The van der Waals surface area contributed by atoms with E-state index >= 15 is 0 Å². The van der Waals surface area contributed by atoms with Gasteiger partial charge in [0, 0.05) is 23.8 Å². The molecule has 0 aliphatic carbocycles. The Hall–Kier alpha value is -1.60. The zero-order valence-electron chi connectivity index (χ0n) is 14.5. The van der Waals surface area contributed by atoms with Gasteiger partial charge in [0.05, 0.1) is 13.2 Å². The fourth-order valence-electron chi connectivity index (χ4n) is 2.84. The molecule has 2 rings (SSSR count). The largest absolute Gasteiger partial charge is 0.464 e. The highest BCUT2D eigenvalue weighted by Gasteiger charge is 2.33. The van der Waals surface area contributed by atoms with Crippen molar-refractivity contribution in [2.45, 2.75) is 31.6 Å². The molecule has 25 heavy (non-hydrogen) atoms. The van der Waals surface area contributed by atoms with Gasteiger partial charge in [-0.25, -0.2) is 9.18 Å². The van der Waals surface area contributed by atoms with Crippen LogP contribution in [0.2, 0.25) is 0 Å². The lowest BCUT2D eigenvalue weighted by molar-refractivity contribution is -0.148. The van der Waals surface area contributed by atoms with Gasteiger partial charge in [0.15, 0.2) is 0 Å². The smallest absolute Gasteiger partial charge is 0.329 e. The Morgan fingerprint density at radius 3 is 2.92 bits per heavy atom. The molecular formula is C18H24FNO4S. The maximum absolute atomic E-state index is 13.8. The summed E-state index contributed by atoms with van der Waals surface area (Å²) in [7, 11) is 0. The number of ether oxygens (including phenoxy) is 2. The number of benzene rings is 1. The zero-order valence-corrected chi connectivity index (χ0v) is 15.4. The van der Waals surface area contributed by atoms with E-state index in [9.17, 15) is 14.0 Å². The minimum Gasteiger partial charge on any atom is -0.464 e. The SMILES string of the molecule is CCOC(=O)[C@H](NC(=O)c1ccc(F)c(CSC)c1)[C@H]1CCCOC1. The quantitative estimate of drug-likeness (QED) is 0.749. The highest BCUT2D eigenvalue weighted by atomic mass is 32.2. The van der Waals surface area contributed by atoms with Crippen molar-refractivity contribution in [1.29, 1.82) is 0 Å². The molecule has 1 amide bonds. The van der Waals surface area contributed by atoms with Crippen LogP contribution in [-0.2, 0) is 20.0 Å². The second-order valence-electron chi connectivity index (χ2n) is 5.92. The summed E-state index contributed by atoms with van der Waals surface area (Å²) in [4.78, 5) is 24.9. The van der Waals surface area contributed by atoms with E-state index in [2.05, 4.69) is 5.32 Å². The summed E-state index contributed by atoms with van der Waals surface area (Å²) in [5, 5.41) is 2.75. The summed E-state index contributed by atoms with van der Waals surface area (Å²) in [5.41, 5.74) is 0.797. The van der Waals surface area contributed by atoms with Gasteiger partial charge in [-0.1, -0.05) is 0 Å². The average Bonchev–Trinajstić information content (AvgIpc) is 2.62. The van der Waals surface area contributed by atoms with Gasteiger partial charge in [0.1, 0.15) is 11.9 Å². The van der Waals surface area contributed by atoms with E-state index in [0.717, 1.165) is 12.8 Å². The van der Waals surface area contributed by atoms with E-state index in [0.29, 0.717) is 30.1 Å². The molecule has 0 aromatic heterocycles. The molecule has 7 heteroatoms. The Morgan fingerprint density at radius 2 is 2.28 bits per heavy atom. The highest BCUT2D eigenvalue weighted by molar-refractivity contribution is 7.97. The number of rotatable bonds is 7. The molecule has 1 N–H and O–H groups in total. The minimum absolute atomic E-state index is 0.122. The number of hydrogen-bond acceptors (Lipinski definition) is 5. The van der Waals surface area contributed by atoms with E-state index < -0.39 is 17.9 Å². The average molecular weight is 369 g/mol. The first-order valence-electron chi connectivity index (χ1n) is 8.39. The lowest BCUT2D eigenvalue weighted by Crippen LogP contribution is -2.49. The summed E-state index contributed by atoms with van der Waals surface area (Å²) in [6.45, 7) is 3.04. The first kappa shape index (κ1) is 19.7. The number of amides is 1. The molecular weight excluding hydrogens is 345 g/mol. The van der Waals surface area contributed by atoms with Gasteiger partial charge in [0.2, 0.25) is 0 Å². The van der Waals surface area contributed by atoms with Gasteiger partial charge < -0.3 is 14.8 Å². The molecule has 5 nitrogen and oxygen atoms in total. The number of nitrogens with one attached hydrogen (secondary N) is 1. The van der Waals surface area contributed by atoms with E-state index in [4.69, 9.17) is 9.47 Å². The van der Waals surface area contributed by atoms with Crippen LogP contribution in [0.15, 0.2) is 18.2 Å². The molecule has 1 saturated heterocycles. The van der Waals surface area contributed by atoms with E-state index in [1.54, 1.807) is 6.92 Å². The molecule has 2 atom stereocenters. The first-order valence-corrected chi connectivity index (χ1v) is 9.78. The molecule has 1 aromatic rings. The van der Waals surface area contributed by atoms with Crippen LogP contribution in [0.5, 0.6) is 0 Å². The standard InChI is InChI=1S/C18H24FNO4S/c1-3-24-18(22)16(13-5-4-8-23-10-13)20-17(21)12-6-7-15(19)14(9-12)11-25-2/h6-7,9,13,16H,3-5,8,10-11H2,1-2H3,(H,20,21)/t13-,16+/m0/s1. The third-order valence-corrected chi connectivity index (χ3v) is 4.70. The molecule has 1 aliphatic heterocycles. The van der Waals surface area contributed by atoms with Crippen LogP contribution in [0.3, 0.4) is 0 Å². The summed E-state index contributed by atoms with van der Waals surface area (Å²) >= 11 is 1.48. The second kappa shape index (κ2) is 9.77. The van der Waals surface area contributed by atoms with Gasteiger partial charge >= 0.3 is 5.97 Å². The molecule has 0 spiro atoms. The van der Waals surface area contributed by atoms with Crippen LogP contribution < -0.4 is 5.32 Å². The van der Waals surface area contributed by atoms with Crippen molar-refractivity contribution in [3.63, 3.8) is 0 Å². The van der Waals surface area contributed by atoms with E-state index in [1.807, 2.05) is 6.26 Å². The van der Waals surface area contributed by atoms with Crippen LogP contribution in [0, 0.1) is 11.7 Å². The number of carbonyl (C=O) groups is 2. The molecule has 0 saturated carbocycles. The van der Waals surface area contributed by atoms with E-state index in [-0.39, 0.29) is 18.3 Å². The Morgan fingerprint density at radius 1 is 1.48 bits per heavy atom. The second-order valence-corrected chi connectivity index (χ2v) is 6.79. The van der Waals surface area contributed by atoms with Crippen molar-refractivity contribution in [3.8, 4) is 0 Å². The van der Waals surface area contributed by atoms with Gasteiger partial charge in [-0.15, -0.1) is 0 Å². The fourth-order valence-corrected chi connectivity index (χ4v) is 3.37. The maximum atomic E-state index is 13.8. The molecule has 1 heterocycles. The Kier molecular flexibility index (Phi) is 7.71. The summed E-state index contributed by atoms with van der Waals surface area (Å²) in [5.74, 6) is -0.856. The van der Waals surface area contributed by atoms with Crippen LogP contribution in [0.25, 0.3) is 0 Å². The maximum Gasteiger partial charge on any atom is 0.329 e. The summed E-state index contributed by atoms with van der Waals surface area (Å²) in [6.07, 6.45) is 3.49. The Balaban J connectivity index is 2.15. The summed E-state index contributed by atoms with van der Waals surface area (Å²) in [6, 6.07) is 3.47. The van der Waals surface area contributed by atoms with Gasteiger partial charge in [-0.2, -0.15) is 11.8 Å². The van der Waals surface area contributed by atoms with Crippen molar-refractivity contribution in [2.24, 2.45) is 5.92 Å². The number of esters is 1. The molecule has 0 unspecified atom stereocenters. The molecule has 0 bridgehead atoms. The van der Waals surface area contributed by atoms with Gasteiger partial charge in [0.25, 0.3) is 5.91 Å². The van der Waals surface area contributed by atoms with Crippen molar-refractivity contribution < 1.29 is 23.5 Å². The lowest BCUT2D eigenvalue weighted by atomic mass is 9.93. The normalized spacial score (nSPS) is 18.4. The van der Waals surface area contributed by atoms with Crippen molar-refractivity contribution in [2.75, 3.05) is 26.1 Å². The third-order valence-electron chi connectivity index (χ3n) is 4.10. The predicted octanol–water partition coefficient (Wildman–Crippen LogP) is 2.78. The molecule has 1 fully saturated rings. The van der Waals surface area contributed by atoms with Crippen molar-refractivity contribution in [3.05, 3.63) is 35.1 Å². The number of hydrogen-bond donors (Lipinski definition) is 1. The minimum atomic E-state index is -0.762. The van der Waals surface area contributed by atoms with Crippen LogP contribution in [0.4, 0.5) is 4.39 Å². The number of thioether (sulfide) groups is 1. The summed E-state index contributed by atoms with van der Waals surface area (Å²) < 4.78 is 24.3. The molecule has 138 valence electrons. The van der Waals surface area contributed by atoms with E-state index in [1.165, 1.54) is 30.0 Å². The highest BCUT2D eigenvalue weighted by Crippen LogP contribution is 2.20. The third kappa shape index (κ3) is 5.44. The van der Waals surface area contributed by atoms with Crippen molar-refractivity contribution >= 4 is 23.6 Å². The number of carbonyl (C=O) groups excluding carboxylic acids is 2. The lowest BCUT2D eigenvalue weighted by Gasteiger charge is -2.29. The van der Waals surface area contributed by atoms with Gasteiger partial charge in [-0.05, 0) is 49.8 Å². The Labute approximate surface area is 151 Å². The van der Waals surface area contributed by atoms with Crippen LogP contribution in [-0.4, -0.2) is 44.0 Å². The first-order chi connectivity index (χ1) is 12.1. The Bertz CT molecular complexity index is 605. The number of halogens is 1. The zero-order chi connectivity index (χ0) is 18.2. The molecule has 1 aromatic carbocycles. The van der Waals surface area contributed by atoms with Crippen LogP contribution in [0.1, 0.15) is 35.7 Å². The van der Waals surface area contributed by atoms with Gasteiger partial charge in [-0.3, -0.25) is 4.79 Å². The predicted molar refractivity (Wildman–Crippen MR) is 95.0 cm³/mol. The van der Waals surface area contributed by atoms with Crippen molar-refractivity contribution in [1.82, 2.24) is 5.32 Å².